The molecule has 1 spiro atoms. The second-order valence-corrected chi connectivity index (χ2v) is 10.2. The van der Waals surface area contributed by atoms with Crippen LogP contribution in [0.5, 0.6) is 0 Å². The molecule has 6 rings (SSSR count). The summed E-state index contributed by atoms with van der Waals surface area (Å²) >= 11 is 0. The van der Waals surface area contributed by atoms with E-state index in [0.29, 0.717) is 17.2 Å². The molecular weight excluding hydrogens is 332 g/mol. The first-order valence-corrected chi connectivity index (χ1v) is 11.4. The van der Waals surface area contributed by atoms with Crippen molar-refractivity contribution in [2.24, 2.45) is 17.8 Å². The molecule has 1 aromatic rings. The molecule has 4 fully saturated rings. The molecule has 1 unspecified atom stereocenters. The summed E-state index contributed by atoms with van der Waals surface area (Å²) in [5.41, 5.74) is 3.24. The number of benzene rings is 1. The topological polar surface area (TPSA) is 32.3 Å². The summed E-state index contributed by atoms with van der Waals surface area (Å²) in [7, 11) is 0. The molecule has 1 aromatic carbocycles. The quantitative estimate of drug-likeness (QED) is 0.873. The van der Waals surface area contributed by atoms with E-state index in [-0.39, 0.29) is 6.04 Å². The number of piperidine rings is 1. The second kappa shape index (κ2) is 6.07. The van der Waals surface area contributed by atoms with Crippen molar-refractivity contribution in [2.75, 3.05) is 13.1 Å². The first kappa shape index (κ1) is 16.6. The summed E-state index contributed by atoms with van der Waals surface area (Å²) in [5.74, 6) is 2.62. The summed E-state index contributed by atoms with van der Waals surface area (Å²) < 4.78 is 0. The SMILES string of the molecule is O=C(N[C@H]1CC2(CCN([C@@H]3CC4CC[C@@H]3C4)CC2)c2ccccc21)C1CC1. The predicted octanol–water partition coefficient (Wildman–Crippen LogP) is 4.18. The zero-order valence-electron chi connectivity index (χ0n) is 16.3. The van der Waals surface area contributed by atoms with Gasteiger partial charge in [0.05, 0.1) is 6.04 Å². The van der Waals surface area contributed by atoms with Crippen LogP contribution in [-0.2, 0) is 10.2 Å². The Morgan fingerprint density at radius 1 is 1.04 bits per heavy atom. The van der Waals surface area contributed by atoms with Crippen LogP contribution in [-0.4, -0.2) is 29.9 Å². The fraction of sp³-hybridized carbons (Fsp3) is 0.708. The standard InChI is InChI=1S/C24H32N2O/c27-23(17-7-8-17)25-21-15-24(20-4-2-1-3-19(20)21)9-11-26(12-10-24)22-14-16-5-6-18(22)13-16/h1-4,16-18,21-22H,5-15H2,(H,25,27)/t16?,18-,21+,22-/m1/s1. The molecule has 3 saturated carbocycles. The van der Waals surface area contributed by atoms with Crippen LogP contribution < -0.4 is 5.32 Å². The van der Waals surface area contributed by atoms with Crippen molar-refractivity contribution in [3.63, 3.8) is 0 Å². The zero-order chi connectivity index (χ0) is 18.0. The highest BCUT2D eigenvalue weighted by atomic mass is 16.2. The molecule has 1 saturated heterocycles. The van der Waals surface area contributed by atoms with Gasteiger partial charge in [0.2, 0.25) is 5.91 Å². The van der Waals surface area contributed by atoms with E-state index in [4.69, 9.17) is 0 Å². The van der Waals surface area contributed by atoms with Crippen molar-refractivity contribution in [2.45, 2.75) is 75.3 Å². The maximum atomic E-state index is 12.4. The predicted molar refractivity (Wildman–Crippen MR) is 106 cm³/mol. The van der Waals surface area contributed by atoms with Gasteiger partial charge < -0.3 is 10.2 Å². The van der Waals surface area contributed by atoms with Crippen LogP contribution in [0.3, 0.4) is 0 Å². The summed E-state index contributed by atoms with van der Waals surface area (Å²) in [5, 5.41) is 3.40. The van der Waals surface area contributed by atoms with Crippen molar-refractivity contribution >= 4 is 5.91 Å². The van der Waals surface area contributed by atoms with Crippen molar-refractivity contribution in [3.05, 3.63) is 35.4 Å². The van der Waals surface area contributed by atoms with Gasteiger partial charge in [0.25, 0.3) is 0 Å². The molecule has 3 nitrogen and oxygen atoms in total. The Morgan fingerprint density at radius 3 is 2.56 bits per heavy atom. The molecule has 1 amide bonds. The first-order valence-electron chi connectivity index (χ1n) is 11.4. The van der Waals surface area contributed by atoms with Gasteiger partial charge in [0, 0.05) is 17.4 Å². The third-order valence-electron chi connectivity index (χ3n) is 8.69. The minimum atomic E-state index is 0.239. The number of hydrogen-bond acceptors (Lipinski definition) is 2. The Hall–Kier alpha value is -1.35. The fourth-order valence-electron chi connectivity index (χ4n) is 7.07. The van der Waals surface area contributed by atoms with Gasteiger partial charge in [-0.2, -0.15) is 0 Å². The van der Waals surface area contributed by atoms with E-state index < -0.39 is 0 Å². The maximum Gasteiger partial charge on any atom is 0.223 e. The minimum Gasteiger partial charge on any atom is -0.349 e. The molecule has 1 N–H and O–H groups in total. The zero-order valence-corrected chi connectivity index (χ0v) is 16.3. The molecule has 27 heavy (non-hydrogen) atoms. The van der Waals surface area contributed by atoms with E-state index in [1.165, 1.54) is 57.2 Å². The average Bonchev–Trinajstić information content (AvgIpc) is 3.24. The van der Waals surface area contributed by atoms with Crippen molar-refractivity contribution in [1.82, 2.24) is 10.2 Å². The number of carbonyl (C=O) groups excluding carboxylic acids is 1. The first-order chi connectivity index (χ1) is 13.2. The number of nitrogens with one attached hydrogen (secondary N) is 1. The van der Waals surface area contributed by atoms with Crippen LogP contribution in [0, 0.1) is 17.8 Å². The fourth-order valence-corrected chi connectivity index (χ4v) is 7.07. The highest BCUT2D eigenvalue weighted by Gasteiger charge is 2.49. The number of likely N-dealkylation sites (tertiary alicyclic amines) is 1. The molecule has 4 aliphatic carbocycles. The lowest BCUT2D eigenvalue weighted by molar-refractivity contribution is -0.123. The molecule has 0 aromatic heterocycles. The third kappa shape index (κ3) is 2.68. The van der Waals surface area contributed by atoms with E-state index in [0.717, 1.165) is 37.1 Å². The number of amides is 1. The number of nitrogens with zero attached hydrogens (tertiary/aromatic N) is 1. The van der Waals surface area contributed by atoms with Crippen molar-refractivity contribution < 1.29 is 4.79 Å². The summed E-state index contributed by atoms with van der Waals surface area (Å²) in [6.07, 6.45) is 11.8. The van der Waals surface area contributed by atoms with E-state index in [2.05, 4.69) is 34.5 Å². The Morgan fingerprint density at radius 2 is 1.85 bits per heavy atom. The Bertz CT molecular complexity index is 747. The Kier molecular flexibility index (Phi) is 3.73. The highest BCUT2D eigenvalue weighted by Crippen LogP contribution is 2.53. The number of hydrogen-bond donors (Lipinski definition) is 1. The Balaban J connectivity index is 1.20. The summed E-state index contributed by atoms with van der Waals surface area (Å²) in [6.45, 7) is 2.51. The molecule has 4 atom stereocenters. The van der Waals surface area contributed by atoms with Gasteiger partial charge in [-0.1, -0.05) is 30.7 Å². The van der Waals surface area contributed by atoms with Crippen molar-refractivity contribution in [3.8, 4) is 0 Å². The van der Waals surface area contributed by atoms with E-state index in [1.807, 2.05) is 0 Å². The lowest BCUT2D eigenvalue weighted by Gasteiger charge is -2.44. The lowest BCUT2D eigenvalue weighted by atomic mass is 9.73. The largest absolute Gasteiger partial charge is 0.349 e. The molecule has 3 heteroatoms. The van der Waals surface area contributed by atoms with E-state index in [1.54, 1.807) is 5.56 Å². The van der Waals surface area contributed by atoms with Crippen LogP contribution in [0.4, 0.5) is 0 Å². The van der Waals surface area contributed by atoms with Crippen LogP contribution in [0.15, 0.2) is 24.3 Å². The monoisotopic (exact) mass is 364 g/mol. The van der Waals surface area contributed by atoms with Gasteiger partial charge in [-0.15, -0.1) is 0 Å². The molecule has 0 radical (unpaired) electrons. The molecule has 5 aliphatic rings. The summed E-state index contributed by atoms with van der Waals surface area (Å²) in [6, 6.07) is 10.1. The highest BCUT2D eigenvalue weighted by molar-refractivity contribution is 5.81. The van der Waals surface area contributed by atoms with Gasteiger partial charge in [0.15, 0.2) is 0 Å². The lowest BCUT2D eigenvalue weighted by Crippen LogP contribution is -2.48. The van der Waals surface area contributed by atoms with Gasteiger partial charge in [-0.05, 0) is 87.4 Å². The van der Waals surface area contributed by atoms with Crippen molar-refractivity contribution in [1.29, 1.82) is 0 Å². The summed E-state index contributed by atoms with van der Waals surface area (Å²) in [4.78, 5) is 15.3. The minimum absolute atomic E-state index is 0.239. The molecule has 2 bridgehead atoms. The van der Waals surface area contributed by atoms with Crippen LogP contribution >= 0.6 is 0 Å². The normalized spacial score (nSPS) is 36.9. The van der Waals surface area contributed by atoms with Gasteiger partial charge in [-0.3, -0.25) is 4.79 Å². The van der Waals surface area contributed by atoms with Gasteiger partial charge in [0.1, 0.15) is 0 Å². The molecule has 1 heterocycles. The van der Waals surface area contributed by atoms with E-state index in [9.17, 15) is 4.79 Å². The van der Waals surface area contributed by atoms with Crippen LogP contribution in [0.1, 0.15) is 75.0 Å². The number of fused-ring (bicyclic) bond motifs is 4. The van der Waals surface area contributed by atoms with Gasteiger partial charge >= 0.3 is 0 Å². The smallest absolute Gasteiger partial charge is 0.223 e. The third-order valence-corrected chi connectivity index (χ3v) is 8.69. The van der Waals surface area contributed by atoms with Crippen LogP contribution in [0.25, 0.3) is 0 Å². The molecule has 144 valence electrons. The van der Waals surface area contributed by atoms with Gasteiger partial charge in [-0.25, -0.2) is 0 Å². The van der Waals surface area contributed by atoms with Crippen LogP contribution in [0.2, 0.25) is 0 Å². The molecule has 1 aliphatic heterocycles. The van der Waals surface area contributed by atoms with E-state index >= 15 is 0 Å². The Labute approximate surface area is 162 Å². The average molecular weight is 365 g/mol. The number of carbonyl (C=O) groups is 1. The number of rotatable bonds is 3. The maximum absolute atomic E-state index is 12.4. The molecular formula is C24H32N2O. The second-order valence-electron chi connectivity index (χ2n) is 10.2.